The number of aromatic nitrogens is 4. The van der Waals surface area contributed by atoms with E-state index in [0.717, 1.165) is 56.0 Å². The van der Waals surface area contributed by atoms with E-state index in [2.05, 4.69) is 37.0 Å². The summed E-state index contributed by atoms with van der Waals surface area (Å²) >= 11 is 0. The SMILES string of the molecule is C=CCNC(=NCc1nnc(C)n1C)N1CCN(Cc2ccon2)CC1.I. The van der Waals surface area contributed by atoms with Crippen molar-refractivity contribution >= 4 is 29.9 Å². The Bertz CT molecular complexity index is 734. The minimum absolute atomic E-state index is 0. The van der Waals surface area contributed by atoms with Gasteiger partial charge >= 0.3 is 0 Å². The highest BCUT2D eigenvalue weighted by atomic mass is 127. The highest BCUT2D eigenvalue weighted by molar-refractivity contribution is 14.0. The molecule has 0 saturated carbocycles. The Balaban J connectivity index is 0.00000261. The zero-order valence-corrected chi connectivity index (χ0v) is 18.2. The van der Waals surface area contributed by atoms with Crippen molar-refractivity contribution in [1.82, 2.24) is 35.0 Å². The van der Waals surface area contributed by atoms with E-state index >= 15 is 0 Å². The van der Waals surface area contributed by atoms with Crippen LogP contribution in [0.15, 0.2) is 34.5 Å². The van der Waals surface area contributed by atoms with Crippen LogP contribution in [0.5, 0.6) is 0 Å². The lowest BCUT2D eigenvalue weighted by atomic mass is 10.3. The van der Waals surface area contributed by atoms with Gasteiger partial charge in [0.2, 0.25) is 0 Å². The first-order chi connectivity index (χ1) is 12.7. The van der Waals surface area contributed by atoms with Gasteiger partial charge in [-0.2, -0.15) is 0 Å². The molecule has 9 nitrogen and oxygen atoms in total. The van der Waals surface area contributed by atoms with Crippen LogP contribution in [-0.2, 0) is 20.1 Å². The smallest absolute Gasteiger partial charge is 0.194 e. The number of aliphatic imine (C=N–C) groups is 1. The summed E-state index contributed by atoms with van der Waals surface area (Å²) in [7, 11) is 1.96. The lowest BCUT2D eigenvalue weighted by Crippen LogP contribution is -2.52. The van der Waals surface area contributed by atoms with Crippen molar-refractivity contribution in [2.24, 2.45) is 12.0 Å². The monoisotopic (exact) mass is 486 g/mol. The van der Waals surface area contributed by atoms with Gasteiger partial charge in [-0.05, 0) is 6.92 Å². The number of hydrogen-bond acceptors (Lipinski definition) is 6. The fourth-order valence-electron chi connectivity index (χ4n) is 2.83. The molecule has 0 amide bonds. The van der Waals surface area contributed by atoms with Crippen LogP contribution in [0.25, 0.3) is 0 Å². The van der Waals surface area contributed by atoms with E-state index in [4.69, 9.17) is 9.52 Å². The summed E-state index contributed by atoms with van der Waals surface area (Å²) in [5.74, 6) is 2.62. The molecule has 3 heterocycles. The maximum Gasteiger partial charge on any atom is 0.194 e. The number of guanidine groups is 1. The molecular formula is C17H27IN8O. The van der Waals surface area contributed by atoms with E-state index < -0.39 is 0 Å². The maximum atomic E-state index is 4.91. The molecule has 148 valence electrons. The number of nitrogens with one attached hydrogen (secondary N) is 1. The predicted molar refractivity (Wildman–Crippen MR) is 114 cm³/mol. The third-order valence-corrected chi connectivity index (χ3v) is 4.51. The second-order valence-electron chi connectivity index (χ2n) is 6.29. The first-order valence-corrected chi connectivity index (χ1v) is 8.78. The van der Waals surface area contributed by atoms with Crippen LogP contribution in [0.2, 0.25) is 0 Å². The minimum atomic E-state index is 0. The number of hydrogen-bond donors (Lipinski definition) is 1. The number of nitrogens with zero attached hydrogens (tertiary/aromatic N) is 7. The van der Waals surface area contributed by atoms with Crippen LogP contribution < -0.4 is 5.32 Å². The van der Waals surface area contributed by atoms with Crippen LogP contribution in [0.4, 0.5) is 0 Å². The molecule has 0 atom stereocenters. The standard InChI is InChI=1S/C17H26N8O.HI/c1-4-6-18-17(19-12-16-21-20-14(2)23(16)3)25-9-7-24(8-10-25)13-15-5-11-26-22-15;/h4-5,11H,1,6-10,12-13H2,2-3H3,(H,18,19);1H. The third-order valence-electron chi connectivity index (χ3n) is 4.51. The molecule has 2 aromatic rings. The van der Waals surface area contributed by atoms with Crippen molar-refractivity contribution in [3.05, 3.63) is 42.3 Å². The van der Waals surface area contributed by atoms with E-state index in [1.807, 2.05) is 30.7 Å². The fraction of sp³-hybridized carbons (Fsp3) is 0.529. The molecule has 0 aliphatic carbocycles. The number of halogens is 1. The molecule has 1 fully saturated rings. The summed E-state index contributed by atoms with van der Waals surface area (Å²) in [4.78, 5) is 9.38. The minimum Gasteiger partial charge on any atom is -0.364 e. The Kier molecular flexibility index (Phi) is 8.23. The summed E-state index contributed by atoms with van der Waals surface area (Å²) in [5.41, 5.74) is 0.967. The Hall–Kier alpha value is -1.95. The van der Waals surface area contributed by atoms with Gasteiger partial charge in [0.15, 0.2) is 11.8 Å². The van der Waals surface area contributed by atoms with Crippen molar-refractivity contribution in [3.8, 4) is 0 Å². The highest BCUT2D eigenvalue weighted by Crippen LogP contribution is 2.08. The lowest BCUT2D eigenvalue weighted by molar-refractivity contribution is 0.169. The zero-order valence-electron chi connectivity index (χ0n) is 15.8. The quantitative estimate of drug-likeness (QED) is 0.284. The topological polar surface area (TPSA) is 87.6 Å². The van der Waals surface area contributed by atoms with Gasteiger partial charge in [0.25, 0.3) is 0 Å². The molecule has 27 heavy (non-hydrogen) atoms. The van der Waals surface area contributed by atoms with Gasteiger partial charge in [0.05, 0.1) is 5.69 Å². The van der Waals surface area contributed by atoms with Crippen molar-refractivity contribution in [2.75, 3.05) is 32.7 Å². The molecule has 1 aliphatic rings. The average molecular weight is 486 g/mol. The van der Waals surface area contributed by atoms with Gasteiger partial charge in [-0.3, -0.25) is 4.90 Å². The Morgan fingerprint density at radius 1 is 1.33 bits per heavy atom. The lowest BCUT2D eigenvalue weighted by Gasteiger charge is -2.36. The summed E-state index contributed by atoms with van der Waals surface area (Å²) in [6.45, 7) is 11.4. The second-order valence-corrected chi connectivity index (χ2v) is 6.29. The van der Waals surface area contributed by atoms with Gasteiger partial charge in [-0.15, -0.1) is 40.8 Å². The van der Waals surface area contributed by atoms with Crippen LogP contribution >= 0.6 is 24.0 Å². The molecule has 0 aromatic carbocycles. The summed E-state index contributed by atoms with van der Waals surface area (Å²) in [5, 5.41) is 15.6. The normalized spacial score (nSPS) is 15.5. The molecule has 1 saturated heterocycles. The van der Waals surface area contributed by atoms with E-state index in [-0.39, 0.29) is 24.0 Å². The van der Waals surface area contributed by atoms with Crippen LogP contribution in [0.3, 0.4) is 0 Å². The molecule has 0 bridgehead atoms. The first-order valence-electron chi connectivity index (χ1n) is 8.78. The van der Waals surface area contributed by atoms with E-state index in [1.165, 1.54) is 0 Å². The molecule has 1 N–H and O–H groups in total. The molecule has 10 heteroatoms. The Labute approximate surface area is 176 Å². The number of piperazine rings is 1. The molecule has 0 spiro atoms. The van der Waals surface area contributed by atoms with E-state index in [1.54, 1.807) is 6.26 Å². The molecule has 3 rings (SSSR count). The maximum absolute atomic E-state index is 4.91. The molecule has 1 aliphatic heterocycles. The Morgan fingerprint density at radius 2 is 2.11 bits per heavy atom. The van der Waals surface area contributed by atoms with Crippen molar-refractivity contribution in [2.45, 2.75) is 20.0 Å². The van der Waals surface area contributed by atoms with Crippen molar-refractivity contribution in [1.29, 1.82) is 0 Å². The van der Waals surface area contributed by atoms with E-state index in [0.29, 0.717) is 13.1 Å². The predicted octanol–water partition coefficient (Wildman–Crippen LogP) is 1.18. The summed E-state index contributed by atoms with van der Waals surface area (Å²) < 4.78 is 6.87. The Morgan fingerprint density at radius 3 is 2.70 bits per heavy atom. The highest BCUT2D eigenvalue weighted by Gasteiger charge is 2.20. The van der Waals surface area contributed by atoms with Gasteiger partial charge < -0.3 is 19.3 Å². The molecule has 0 radical (unpaired) electrons. The molecule has 0 unspecified atom stereocenters. The van der Waals surface area contributed by atoms with Crippen molar-refractivity contribution in [3.63, 3.8) is 0 Å². The zero-order chi connectivity index (χ0) is 18.4. The number of rotatable bonds is 6. The average Bonchev–Trinajstić information content (AvgIpc) is 3.27. The van der Waals surface area contributed by atoms with Gasteiger partial charge in [-0.1, -0.05) is 11.2 Å². The third kappa shape index (κ3) is 5.76. The molecular weight excluding hydrogens is 459 g/mol. The fourth-order valence-corrected chi connectivity index (χ4v) is 2.83. The van der Waals surface area contributed by atoms with Crippen molar-refractivity contribution < 1.29 is 4.52 Å². The second kappa shape index (κ2) is 10.4. The largest absolute Gasteiger partial charge is 0.364 e. The van der Waals surface area contributed by atoms with Crippen LogP contribution in [0.1, 0.15) is 17.3 Å². The van der Waals surface area contributed by atoms with Crippen LogP contribution in [0, 0.1) is 6.92 Å². The number of aryl methyl sites for hydroxylation is 1. The first kappa shape index (κ1) is 21.4. The van der Waals surface area contributed by atoms with Gasteiger partial charge in [-0.25, -0.2) is 4.99 Å². The molecule has 2 aromatic heterocycles. The summed E-state index contributed by atoms with van der Waals surface area (Å²) in [6.07, 6.45) is 3.45. The summed E-state index contributed by atoms with van der Waals surface area (Å²) in [6, 6.07) is 1.91. The van der Waals surface area contributed by atoms with Crippen LogP contribution in [-0.4, -0.2) is 68.4 Å². The van der Waals surface area contributed by atoms with Gasteiger partial charge in [0.1, 0.15) is 18.6 Å². The van der Waals surface area contributed by atoms with E-state index in [9.17, 15) is 0 Å². The van der Waals surface area contributed by atoms with Gasteiger partial charge in [0, 0.05) is 52.4 Å².